The molecule has 5 heteroatoms. The number of likely N-dealkylation sites (tertiary alicyclic amines) is 2. The first kappa shape index (κ1) is 37.4. The minimum absolute atomic E-state index is 0.448. The van der Waals surface area contributed by atoms with Gasteiger partial charge in [-0.3, -0.25) is 0 Å². The van der Waals surface area contributed by atoms with E-state index in [4.69, 9.17) is 14.2 Å². The Morgan fingerprint density at radius 2 is 1.07 bits per heavy atom. The lowest BCUT2D eigenvalue weighted by Crippen LogP contribution is -2.43. The van der Waals surface area contributed by atoms with Crippen LogP contribution in [0.4, 0.5) is 0 Å². The summed E-state index contributed by atoms with van der Waals surface area (Å²) >= 11 is 0. The average Bonchev–Trinajstić information content (AvgIpc) is 3.01. The molecule has 45 heavy (non-hydrogen) atoms. The van der Waals surface area contributed by atoms with Crippen molar-refractivity contribution in [1.29, 1.82) is 0 Å². The van der Waals surface area contributed by atoms with E-state index in [-0.39, 0.29) is 0 Å². The Morgan fingerprint density at radius 1 is 0.644 bits per heavy atom. The fourth-order valence-corrected chi connectivity index (χ4v) is 7.16. The van der Waals surface area contributed by atoms with Crippen LogP contribution in [0.5, 0.6) is 11.5 Å². The van der Waals surface area contributed by atoms with Crippen molar-refractivity contribution in [3.05, 3.63) is 59.7 Å². The summed E-state index contributed by atoms with van der Waals surface area (Å²) in [6, 6.07) is 18.2. The molecule has 2 heterocycles. The minimum Gasteiger partial charge on any atom is -0.497 e. The Labute approximate surface area is 277 Å². The standard InChI is InChI=1S/C21H35NO2.C19H31NO/c1-17(22-11-9-19(10-12-22)21(2,3)4)15-18-7-6-8-20(16-18)24-14-13-23-5;1-15(13-16-7-6-8-18(14-16)21-5)20-11-9-17(10-12-20)19(2,3)4/h6-8,16-17,19H,9-15H2,1-5H3;6-8,14-15,17H,9-13H2,1-5H3. The number of ether oxygens (including phenoxy) is 3. The maximum Gasteiger partial charge on any atom is 0.119 e. The number of rotatable bonds is 11. The number of methoxy groups -OCH3 is 2. The van der Waals surface area contributed by atoms with E-state index in [9.17, 15) is 0 Å². The predicted octanol–water partition coefficient (Wildman–Crippen LogP) is 8.79. The summed E-state index contributed by atoms with van der Waals surface area (Å²) in [5, 5.41) is 0. The van der Waals surface area contributed by atoms with E-state index in [2.05, 4.69) is 102 Å². The lowest BCUT2D eigenvalue weighted by molar-refractivity contribution is 0.0877. The Hall–Kier alpha value is -2.08. The smallest absolute Gasteiger partial charge is 0.119 e. The molecule has 2 atom stereocenters. The topological polar surface area (TPSA) is 34.2 Å². The van der Waals surface area contributed by atoms with E-state index in [0.717, 1.165) is 36.2 Å². The summed E-state index contributed by atoms with van der Waals surface area (Å²) in [4.78, 5) is 5.31. The first-order chi connectivity index (χ1) is 21.3. The van der Waals surface area contributed by atoms with Crippen LogP contribution < -0.4 is 9.47 Å². The average molecular weight is 623 g/mol. The van der Waals surface area contributed by atoms with E-state index in [0.29, 0.717) is 36.1 Å². The lowest BCUT2D eigenvalue weighted by Gasteiger charge is -2.41. The summed E-state index contributed by atoms with van der Waals surface area (Å²) in [6.07, 6.45) is 7.53. The number of nitrogens with zero attached hydrogens (tertiary/aromatic N) is 2. The van der Waals surface area contributed by atoms with Crippen LogP contribution in [0.15, 0.2) is 48.5 Å². The van der Waals surface area contributed by atoms with Gasteiger partial charge in [0, 0.05) is 19.2 Å². The zero-order valence-corrected chi connectivity index (χ0v) is 30.5. The van der Waals surface area contributed by atoms with Crippen molar-refractivity contribution >= 4 is 0 Å². The van der Waals surface area contributed by atoms with Crippen LogP contribution in [0.2, 0.25) is 0 Å². The van der Waals surface area contributed by atoms with Crippen LogP contribution in [0, 0.1) is 22.7 Å². The molecule has 0 aliphatic carbocycles. The van der Waals surface area contributed by atoms with Crippen molar-refractivity contribution in [2.45, 2.75) is 106 Å². The molecular weight excluding hydrogens is 556 g/mol. The first-order valence-corrected chi connectivity index (χ1v) is 17.6. The Kier molecular flexibility index (Phi) is 14.7. The second-order valence-electron chi connectivity index (χ2n) is 15.8. The van der Waals surface area contributed by atoms with Gasteiger partial charge in [0.2, 0.25) is 0 Å². The van der Waals surface area contributed by atoms with Gasteiger partial charge in [0.15, 0.2) is 0 Å². The highest BCUT2D eigenvalue weighted by molar-refractivity contribution is 5.30. The van der Waals surface area contributed by atoms with Crippen LogP contribution in [0.3, 0.4) is 0 Å². The van der Waals surface area contributed by atoms with E-state index in [1.807, 2.05) is 12.1 Å². The Balaban J connectivity index is 0.000000248. The number of piperidine rings is 2. The zero-order valence-electron chi connectivity index (χ0n) is 30.5. The molecule has 4 rings (SSSR count). The summed E-state index contributed by atoms with van der Waals surface area (Å²) in [6.45, 7) is 25.2. The van der Waals surface area contributed by atoms with Gasteiger partial charge in [0.1, 0.15) is 18.1 Å². The second-order valence-corrected chi connectivity index (χ2v) is 15.8. The van der Waals surface area contributed by atoms with Gasteiger partial charge in [-0.15, -0.1) is 0 Å². The molecule has 0 radical (unpaired) electrons. The van der Waals surface area contributed by atoms with Gasteiger partial charge in [-0.05, 0) is 137 Å². The fraction of sp³-hybridized carbons (Fsp3) is 0.700. The molecule has 5 nitrogen and oxygen atoms in total. The van der Waals surface area contributed by atoms with E-state index >= 15 is 0 Å². The maximum atomic E-state index is 5.73. The summed E-state index contributed by atoms with van der Waals surface area (Å²) in [5.74, 6) is 3.64. The monoisotopic (exact) mass is 623 g/mol. The highest BCUT2D eigenvalue weighted by Crippen LogP contribution is 2.36. The van der Waals surface area contributed by atoms with Crippen LogP contribution in [-0.4, -0.2) is 75.5 Å². The van der Waals surface area contributed by atoms with Gasteiger partial charge >= 0.3 is 0 Å². The van der Waals surface area contributed by atoms with Crippen LogP contribution in [-0.2, 0) is 17.6 Å². The fourth-order valence-electron chi connectivity index (χ4n) is 7.16. The van der Waals surface area contributed by atoms with Crippen LogP contribution in [0.25, 0.3) is 0 Å². The Bertz CT molecular complexity index is 1110. The van der Waals surface area contributed by atoms with Crippen LogP contribution in [0.1, 0.15) is 92.2 Å². The van der Waals surface area contributed by atoms with Crippen molar-refractivity contribution in [2.75, 3.05) is 53.6 Å². The molecule has 2 saturated heterocycles. The number of benzene rings is 2. The molecule has 2 aliphatic heterocycles. The van der Waals surface area contributed by atoms with Gasteiger partial charge in [-0.2, -0.15) is 0 Å². The molecule has 2 unspecified atom stereocenters. The van der Waals surface area contributed by atoms with Gasteiger partial charge in [-0.1, -0.05) is 65.8 Å². The molecule has 254 valence electrons. The molecule has 0 bridgehead atoms. The van der Waals surface area contributed by atoms with Crippen molar-refractivity contribution in [2.24, 2.45) is 22.7 Å². The van der Waals surface area contributed by atoms with Crippen molar-refractivity contribution in [3.63, 3.8) is 0 Å². The molecule has 0 amide bonds. The maximum absolute atomic E-state index is 5.73. The predicted molar refractivity (Wildman–Crippen MR) is 191 cm³/mol. The third kappa shape index (κ3) is 12.6. The van der Waals surface area contributed by atoms with E-state index in [1.165, 1.54) is 63.0 Å². The van der Waals surface area contributed by atoms with Gasteiger partial charge in [-0.25, -0.2) is 0 Å². The molecule has 0 spiro atoms. The van der Waals surface area contributed by atoms with E-state index in [1.54, 1.807) is 14.2 Å². The van der Waals surface area contributed by atoms with E-state index < -0.39 is 0 Å². The highest BCUT2D eigenvalue weighted by Gasteiger charge is 2.31. The molecule has 0 saturated carbocycles. The highest BCUT2D eigenvalue weighted by atomic mass is 16.5. The Morgan fingerprint density at radius 3 is 1.47 bits per heavy atom. The number of hydrogen-bond acceptors (Lipinski definition) is 5. The van der Waals surface area contributed by atoms with Gasteiger partial charge < -0.3 is 24.0 Å². The lowest BCUT2D eigenvalue weighted by atomic mass is 9.75. The minimum atomic E-state index is 0.448. The van der Waals surface area contributed by atoms with Gasteiger partial charge in [0.25, 0.3) is 0 Å². The molecule has 0 aromatic heterocycles. The van der Waals surface area contributed by atoms with Crippen molar-refractivity contribution < 1.29 is 14.2 Å². The zero-order chi connectivity index (χ0) is 33.0. The normalized spacial score (nSPS) is 19.0. The third-order valence-corrected chi connectivity index (χ3v) is 10.4. The van der Waals surface area contributed by atoms with Crippen LogP contribution >= 0.6 is 0 Å². The van der Waals surface area contributed by atoms with Crippen molar-refractivity contribution in [1.82, 2.24) is 9.80 Å². The van der Waals surface area contributed by atoms with Crippen molar-refractivity contribution in [3.8, 4) is 11.5 Å². The molecule has 2 aromatic carbocycles. The largest absolute Gasteiger partial charge is 0.497 e. The second kappa shape index (κ2) is 17.7. The molecular formula is C40H66N2O3. The van der Waals surface area contributed by atoms with Gasteiger partial charge in [0.05, 0.1) is 13.7 Å². The third-order valence-electron chi connectivity index (χ3n) is 10.4. The quantitative estimate of drug-likeness (QED) is 0.234. The molecule has 0 N–H and O–H groups in total. The number of hydrogen-bond donors (Lipinski definition) is 0. The molecule has 2 fully saturated rings. The molecule has 2 aliphatic rings. The summed E-state index contributed by atoms with van der Waals surface area (Å²) < 4.78 is 16.1. The SMILES string of the molecule is COCCOc1cccc(CC(C)N2CCC(C(C)(C)C)CC2)c1.COc1cccc(CC(C)N2CCC(C(C)(C)C)CC2)c1. The summed E-state index contributed by atoms with van der Waals surface area (Å²) in [5.41, 5.74) is 3.64. The molecule has 2 aromatic rings. The summed E-state index contributed by atoms with van der Waals surface area (Å²) in [7, 11) is 3.43. The first-order valence-electron chi connectivity index (χ1n) is 17.6.